The van der Waals surface area contributed by atoms with Crippen LogP contribution in [0.5, 0.6) is 0 Å². The first kappa shape index (κ1) is 25.1. The molecule has 0 aliphatic carbocycles. The minimum absolute atomic E-state index is 0.00676. The van der Waals surface area contributed by atoms with Gasteiger partial charge in [-0.1, -0.05) is 0 Å². The highest BCUT2D eigenvalue weighted by Gasteiger charge is 2.25. The van der Waals surface area contributed by atoms with Crippen molar-refractivity contribution in [2.75, 3.05) is 26.7 Å². The van der Waals surface area contributed by atoms with Crippen molar-refractivity contribution in [3.05, 3.63) is 62.5 Å². The van der Waals surface area contributed by atoms with Crippen molar-refractivity contribution < 1.29 is 17.9 Å². The first-order chi connectivity index (χ1) is 16.8. The number of piperidine rings is 1. The Balaban J connectivity index is 1.68. The van der Waals surface area contributed by atoms with Crippen LogP contribution in [0.1, 0.15) is 30.1 Å². The molecule has 1 aliphatic heterocycles. The van der Waals surface area contributed by atoms with Gasteiger partial charge in [0.25, 0.3) is 6.43 Å². The summed E-state index contributed by atoms with van der Waals surface area (Å²) in [6, 6.07) is 6.20. The zero-order chi connectivity index (χ0) is 25.1. The first-order valence-electron chi connectivity index (χ1n) is 11.0. The van der Waals surface area contributed by atoms with Crippen LogP contribution in [0.15, 0.2) is 49.9 Å². The van der Waals surface area contributed by atoms with Gasteiger partial charge >= 0.3 is 5.69 Å². The third-order valence-electron chi connectivity index (χ3n) is 5.96. The summed E-state index contributed by atoms with van der Waals surface area (Å²) in [7, 11) is 2.04. The summed E-state index contributed by atoms with van der Waals surface area (Å²) in [5.41, 5.74) is 1.73. The molecule has 0 unspecified atom stereocenters. The number of pyridine rings is 1. The van der Waals surface area contributed by atoms with E-state index in [1.807, 2.05) is 7.05 Å². The predicted molar refractivity (Wildman–Crippen MR) is 131 cm³/mol. The van der Waals surface area contributed by atoms with Crippen molar-refractivity contribution in [3.8, 4) is 0 Å². The van der Waals surface area contributed by atoms with E-state index in [4.69, 9.17) is 4.74 Å². The van der Waals surface area contributed by atoms with Crippen LogP contribution in [-0.2, 0) is 11.3 Å². The minimum Gasteiger partial charge on any atom is -0.470 e. The molecule has 2 aromatic heterocycles. The van der Waals surface area contributed by atoms with Gasteiger partial charge in [-0.3, -0.25) is 14.1 Å². The molecule has 35 heavy (non-hydrogen) atoms. The summed E-state index contributed by atoms with van der Waals surface area (Å²) < 4.78 is 48.0. The predicted octanol–water partition coefficient (Wildman–Crippen LogP) is 4.06. The summed E-state index contributed by atoms with van der Waals surface area (Å²) in [5, 5.41) is 6.98. The van der Waals surface area contributed by atoms with Crippen LogP contribution < -0.4 is 5.69 Å². The van der Waals surface area contributed by atoms with E-state index < -0.39 is 18.8 Å². The lowest BCUT2D eigenvalue weighted by Crippen LogP contribution is -2.36. The number of alkyl halides is 2. The van der Waals surface area contributed by atoms with Crippen LogP contribution in [0.3, 0.4) is 0 Å². The maximum Gasteiger partial charge on any atom is 0.329 e. The lowest BCUT2D eigenvalue weighted by atomic mass is 10.1. The third kappa shape index (κ3) is 5.48. The van der Waals surface area contributed by atoms with E-state index in [1.165, 1.54) is 16.8 Å². The van der Waals surface area contributed by atoms with Crippen molar-refractivity contribution in [2.45, 2.75) is 31.9 Å². The number of halogens is 4. The van der Waals surface area contributed by atoms with Gasteiger partial charge in [-0.05, 0) is 67.1 Å². The Hall–Kier alpha value is -2.99. The van der Waals surface area contributed by atoms with E-state index in [1.54, 1.807) is 22.8 Å². The Morgan fingerprint density at radius 1 is 1.29 bits per heavy atom. The van der Waals surface area contributed by atoms with Crippen LogP contribution >= 0.6 is 15.9 Å². The summed E-state index contributed by atoms with van der Waals surface area (Å²) in [6.07, 6.45) is 0.347. The lowest BCUT2D eigenvalue weighted by Gasteiger charge is -2.29. The zero-order valence-corrected chi connectivity index (χ0v) is 20.6. The van der Waals surface area contributed by atoms with Gasteiger partial charge in [0, 0.05) is 25.0 Å². The van der Waals surface area contributed by atoms with Gasteiger partial charge in [-0.25, -0.2) is 18.0 Å². The van der Waals surface area contributed by atoms with Crippen molar-refractivity contribution in [1.82, 2.24) is 19.0 Å². The molecule has 0 bridgehead atoms. The molecule has 4 rings (SSSR count). The average Bonchev–Trinajstić information content (AvgIpc) is 3.08. The SMILES string of the molecule is C=N/N=C(\OCC(F)F)c1ccc(Cn2c(=O)n(C3CCN(C)CC3)c3cc(Br)c(F)cc32)nc1. The second kappa shape index (κ2) is 10.7. The highest BCUT2D eigenvalue weighted by atomic mass is 79.9. The van der Waals surface area contributed by atoms with Gasteiger partial charge in [0.15, 0.2) is 6.61 Å². The van der Waals surface area contributed by atoms with Gasteiger partial charge in [0.2, 0.25) is 5.90 Å². The largest absolute Gasteiger partial charge is 0.470 e. The Morgan fingerprint density at radius 2 is 2.03 bits per heavy atom. The molecule has 0 N–H and O–H groups in total. The molecular weight excluding hydrogens is 529 g/mol. The average molecular weight is 553 g/mol. The summed E-state index contributed by atoms with van der Waals surface area (Å²) in [4.78, 5) is 20.1. The summed E-state index contributed by atoms with van der Waals surface area (Å²) in [6.45, 7) is 4.21. The van der Waals surface area contributed by atoms with Gasteiger partial charge < -0.3 is 9.64 Å². The fourth-order valence-corrected chi connectivity index (χ4v) is 4.54. The number of likely N-dealkylation sites (tertiary alicyclic amines) is 1. The Kier molecular flexibility index (Phi) is 7.70. The van der Waals surface area contributed by atoms with E-state index in [9.17, 15) is 18.0 Å². The molecule has 0 saturated carbocycles. The minimum atomic E-state index is -2.67. The molecule has 1 aromatic carbocycles. The van der Waals surface area contributed by atoms with Crippen LogP contribution in [0.4, 0.5) is 13.2 Å². The molecular formula is C23H24BrF3N6O2. The van der Waals surface area contributed by atoms with Crippen LogP contribution in [0.25, 0.3) is 11.0 Å². The molecule has 1 aliphatic rings. The van der Waals surface area contributed by atoms with Crippen molar-refractivity contribution >= 4 is 39.6 Å². The molecule has 0 atom stereocenters. The fraction of sp³-hybridized carbons (Fsp3) is 0.391. The topological polar surface area (TPSA) is 77.0 Å². The van der Waals surface area contributed by atoms with E-state index in [-0.39, 0.29) is 28.6 Å². The van der Waals surface area contributed by atoms with Gasteiger partial charge in [-0.15, -0.1) is 5.10 Å². The Labute approximate surface area is 207 Å². The summed E-state index contributed by atoms with van der Waals surface area (Å²) >= 11 is 3.24. The normalized spacial score (nSPS) is 15.8. The van der Waals surface area contributed by atoms with Crippen molar-refractivity contribution in [1.29, 1.82) is 0 Å². The number of ether oxygens (including phenoxy) is 1. The molecule has 8 nitrogen and oxygen atoms in total. The number of imidazole rings is 1. The van der Waals surface area contributed by atoms with Crippen molar-refractivity contribution in [3.63, 3.8) is 0 Å². The van der Waals surface area contributed by atoms with E-state index in [0.29, 0.717) is 22.3 Å². The van der Waals surface area contributed by atoms with Crippen molar-refractivity contribution in [2.24, 2.45) is 10.2 Å². The summed E-state index contributed by atoms with van der Waals surface area (Å²) in [5.74, 6) is -0.605. The van der Waals surface area contributed by atoms with Crippen LogP contribution in [-0.4, -0.2) is 64.8 Å². The molecule has 3 heterocycles. The molecule has 3 aromatic rings. The number of nitrogens with zero attached hydrogens (tertiary/aromatic N) is 6. The lowest BCUT2D eigenvalue weighted by molar-refractivity contribution is 0.0765. The van der Waals surface area contributed by atoms with Crippen LogP contribution in [0, 0.1) is 5.82 Å². The zero-order valence-electron chi connectivity index (χ0n) is 19.0. The van der Waals surface area contributed by atoms with Gasteiger partial charge in [0.1, 0.15) is 5.82 Å². The number of rotatable bonds is 7. The number of fused-ring (bicyclic) bond motifs is 1. The first-order valence-corrected chi connectivity index (χ1v) is 11.8. The molecule has 12 heteroatoms. The third-order valence-corrected chi connectivity index (χ3v) is 6.57. The molecule has 1 fully saturated rings. The highest BCUT2D eigenvalue weighted by molar-refractivity contribution is 9.10. The maximum absolute atomic E-state index is 14.5. The van der Waals surface area contributed by atoms with Crippen LogP contribution in [0.2, 0.25) is 0 Å². The van der Waals surface area contributed by atoms with E-state index >= 15 is 0 Å². The second-order valence-corrected chi connectivity index (χ2v) is 9.17. The Morgan fingerprint density at radius 3 is 2.66 bits per heavy atom. The number of benzene rings is 1. The maximum atomic E-state index is 14.5. The highest BCUT2D eigenvalue weighted by Crippen LogP contribution is 2.29. The monoisotopic (exact) mass is 552 g/mol. The standard InChI is InChI=1S/C23H24BrF3N6O2/c1-28-30-22(35-13-21(26)27)14-3-4-15(29-11-14)12-32-19-10-18(25)17(24)9-20(19)33(23(32)34)16-5-7-31(2)8-6-16/h3-4,9-11,16,21H,1,5-8,12-13H2,2H3/b30-22-. The van der Waals surface area contributed by atoms with Gasteiger partial charge in [-0.2, -0.15) is 5.10 Å². The molecule has 0 amide bonds. The number of hydrogen-bond acceptors (Lipinski definition) is 6. The number of aromatic nitrogens is 3. The van der Waals surface area contributed by atoms with E-state index in [0.717, 1.165) is 25.9 Å². The molecule has 1 saturated heterocycles. The van der Waals surface area contributed by atoms with Gasteiger partial charge in [0.05, 0.1) is 33.3 Å². The van der Waals surface area contributed by atoms with E-state index in [2.05, 4.69) is 42.7 Å². The molecule has 0 radical (unpaired) electrons. The molecule has 186 valence electrons. The molecule has 0 spiro atoms. The second-order valence-electron chi connectivity index (χ2n) is 8.32. The quantitative estimate of drug-likeness (QED) is 0.251. The smallest absolute Gasteiger partial charge is 0.329 e. The fourth-order valence-electron chi connectivity index (χ4n) is 4.21. The Bertz CT molecular complexity index is 1300. The number of hydrogen-bond donors (Lipinski definition) is 0.